The van der Waals surface area contributed by atoms with Gasteiger partial charge in [-0.2, -0.15) is 0 Å². The van der Waals surface area contributed by atoms with Crippen molar-refractivity contribution >= 4 is 0 Å². The summed E-state index contributed by atoms with van der Waals surface area (Å²) in [4.78, 5) is 24.6. The predicted molar refractivity (Wildman–Crippen MR) is 54.7 cm³/mol. The Labute approximate surface area is 86.7 Å². The van der Waals surface area contributed by atoms with Crippen molar-refractivity contribution in [3.63, 3.8) is 0 Å². The molecule has 15 heavy (non-hydrogen) atoms. The molecule has 5 nitrogen and oxygen atoms in total. The second-order valence-corrected chi connectivity index (χ2v) is 4.07. The van der Waals surface area contributed by atoms with Gasteiger partial charge in [0, 0.05) is 18.2 Å². The molecule has 0 radical (unpaired) electrons. The van der Waals surface area contributed by atoms with Crippen LogP contribution in [0.25, 0.3) is 0 Å². The standard InChI is InChI=1S/C10H14N2O3/c1-6-5-7(2)15-9(6)12-4-3-8(13)11-10(12)14/h3-4,6-7,9H,5H2,1-2H3,(H,11,13,14)/t6-,7+,9+/m0/s1. The third-order valence-electron chi connectivity index (χ3n) is 2.69. The smallest absolute Gasteiger partial charge is 0.330 e. The van der Waals surface area contributed by atoms with Crippen LogP contribution in [0.15, 0.2) is 21.9 Å². The number of H-pyrrole nitrogens is 1. The van der Waals surface area contributed by atoms with E-state index >= 15 is 0 Å². The minimum Gasteiger partial charge on any atom is -0.355 e. The van der Waals surface area contributed by atoms with E-state index in [2.05, 4.69) is 4.98 Å². The van der Waals surface area contributed by atoms with Crippen LogP contribution < -0.4 is 11.2 Å². The van der Waals surface area contributed by atoms with E-state index in [1.54, 1.807) is 0 Å². The molecule has 0 saturated carbocycles. The third kappa shape index (κ3) is 1.87. The fourth-order valence-corrected chi connectivity index (χ4v) is 2.04. The Bertz CT molecular complexity index is 462. The number of rotatable bonds is 1. The molecule has 5 heteroatoms. The highest BCUT2D eigenvalue weighted by atomic mass is 16.5. The highest BCUT2D eigenvalue weighted by Crippen LogP contribution is 2.32. The molecule has 2 rings (SSSR count). The molecule has 1 aliphatic rings. The van der Waals surface area contributed by atoms with E-state index in [4.69, 9.17) is 4.74 Å². The van der Waals surface area contributed by atoms with Crippen molar-refractivity contribution in [2.45, 2.75) is 32.6 Å². The van der Waals surface area contributed by atoms with Crippen molar-refractivity contribution in [2.75, 3.05) is 0 Å². The van der Waals surface area contributed by atoms with Crippen LogP contribution in [-0.4, -0.2) is 15.7 Å². The Kier molecular flexibility index (Phi) is 2.48. The second kappa shape index (κ2) is 3.66. The SMILES string of the molecule is C[C@@H]1C[C@H](C)[C@H](n2ccc(=O)[nH]c2=O)O1. The number of aromatic amines is 1. The first kappa shape index (κ1) is 10.2. The second-order valence-electron chi connectivity index (χ2n) is 4.07. The molecular formula is C10H14N2O3. The fraction of sp³-hybridized carbons (Fsp3) is 0.600. The van der Waals surface area contributed by atoms with Gasteiger partial charge in [-0.25, -0.2) is 4.79 Å². The monoisotopic (exact) mass is 210 g/mol. The molecule has 1 aliphatic heterocycles. The maximum atomic E-state index is 11.5. The maximum Gasteiger partial charge on any atom is 0.330 e. The van der Waals surface area contributed by atoms with Gasteiger partial charge in [-0.1, -0.05) is 6.92 Å². The van der Waals surface area contributed by atoms with Gasteiger partial charge in [0.1, 0.15) is 6.23 Å². The van der Waals surface area contributed by atoms with Crippen LogP contribution in [0.4, 0.5) is 0 Å². The molecule has 3 atom stereocenters. The number of aromatic nitrogens is 2. The molecule has 0 bridgehead atoms. The molecule has 1 saturated heterocycles. The highest BCUT2D eigenvalue weighted by Gasteiger charge is 2.31. The molecule has 0 aromatic carbocycles. The van der Waals surface area contributed by atoms with Gasteiger partial charge in [0.05, 0.1) is 6.10 Å². The normalized spacial score (nSPS) is 30.7. The number of nitrogens with one attached hydrogen (secondary N) is 1. The Morgan fingerprint density at radius 2 is 2.20 bits per heavy atom. The van der Waals surface area contributed by atoms with E-state index in [1.165, 1.54) is 16.8 Å². The van der Waals surface area contributed by atoms with Crippen LogP contribution in [0, 0.1) is 5.92 Å². The average molecular weight is 210 g/mol. The van der Waals surface area contributed by atoms with Crippen LogP contribution in [0.1, 0.15) is 26.5 Å². The summed E-state index contributed by atoms with van der Waals surface area (Å²) < 4.78 is 7.06. The molecule has 1 fully saturated rings. The van der Waals surface area contributed by atoms with Crippen LogP contribution in [0.3, 0.4) is 0 Å². The molecule has 2 heterocycles. The summed E-state index contributed by atoms with van der Waals surface area (Å²) in [6, 6.07) is 1.33. The zero-order valence-corrected chi connectivity index (χ0v) is 8.77. The summed E-state index contributed by atoms with van der Waals surface area (Å²) >= 11 is 0. The lowest BCUT2D eigenvalue weighted by Gasteiger charge is -2.17. The lowest BCUT2D eigenvalue weighted by molar-refractivity contribution is -0.00556. The number of nitrogens with zero attached hydrogens (tertiary/aromatic N) is 1. The van der Waals surface area contributed by atoms with Crippen molar-refractivity contribution in [3.8, 4) is 0 Å². The van der Waals surface area contributed by atoms with Crippen LogP contribution >= 0.6 is 0 Å². The van der Waals surface area contributed by atoms with Crippen LogP contribution in [0.2, 0.25) is 0 Å². The third-order valence-corrected chi connectivity index (χ3v) is 2.69. The van der Waals surface area contributed by atoms with E-state index in [9.17, 15) is 9.59 Å². The summed E-state index contributed by atoms with van der Waals surface area (Å²) in [6.07, 6.45) is 2.31. The fourth-order valence-electron chi connectivity index (χ4n) is 2.04. The molecule has 82 valence electrons. The lowest BCUT2D eigenvalue weighted by atomic mass is 10.1. The van der Waals surface area contributed by atoms with Gasteiger partial charge in [-0.15, -0.1) is 0 Å². The topological polar surface area (TPSA) is 64.1 Å². The van der Waals surface area contributed by atoms with Crippen molar-refractivity contribution in [2.24, 2.45) is 5.92 Å². The number of hydrogen-bond acceptors (Lipinski definition) is 3. The zero-order valence-electron chi connectivity index (χ0n) is 8.77. The zero-order chi connectivity index (χ0) is 11.0. The van der Waals surface area contributed by atoms with Gasteiger partial charge in [-0.05, 0) is 13.3 Å². The molecule has 0 aliphatic carbocycles. The lowest BCUT2D eigenvalue weighted by Crippen LogP contribution is -2.33. The van der Waals surface area contributed by atoms with Crippen LogP contribution in [0.5, 0.6) is 0 Å². The van der Waals surface area contributed by atoms with Crippen molar-refractivity contribution in [1.82, 2.24) is 9.55 Å². The molecule has 0 spiro atoms. The predicted octanol–water partition coefficient (Wildman–Crippen LogP) is 0.480. The van der Waals surface area contributed by atoms with E-state index in [0.717, 1.165) is 6.42 Å². The highest BCUT2D eigenvalue weighted by molar-refractivity contribution is 4.87. The number of ether oxygens (including phenoxy) is 1. The Hall–Kier alpha value is -1.36. The van der Waals surface area contributed by atoms with Gasteiger partial charge in [0.25, 0.3) is 5.56 Å². The minimum absolute atomic E-state index is 0.156. The first-order chi connectivity index (χ1) is 7.08. The molecule has 1 aromatic rings. The van der Waals surface area contributed by atoms with E-state index in [-0.39, 0.29) is 23.8 Å². The molecule has 1 aromatic heterocycles. The summed E-state index contributed by atoms with van der Waals surface area (Å²) in [6.45, 7) is 4.01. The molecule has 1 N–H and O–H groups in total. The molecule has 0 amide bonds. The van der Waals surface area contributed by atoms with Gasteiger partial charge in [0.15, 0.2) is 0 Å². The molecule has 0 unspecified atom stereocenters. The number of hydrogen-bond donors (Lipinski definition) is 1. The quantitative estimate of drug-likeness (QED) is 0.733. The van der Waals surface area contributed by atoms with Gasteiger partial charge >= 0.3 is 5.69 Å². The summed E-state index contributed by atoms with van der Waals surface area (Å²) in [5.74, 6) is 0.281. The van der Waals surface area contributed by atoms with Crippen molar-refractivity contribution in [3.05, 3.63) is 33.1 Å². The Morgan fingerprint density at radius 1 is 1.47 bits per heavy atom. The minimum atomic E-state index is -0.409. The Balaban J connectivity index is 2.38. The van der Waals surface area contributed by atoms with Gasteiger partial charge in [0.2, 0.25) is 0 Å². The molecular weight excluding hydrogens is 196 g/mol. The average Bonchev–Trinajstić information content (AvgIpc) is 2.45. The van der Waals surface area contributed by atoms with E-state index in [1.807, 2.05) is 13.8 Å². The summed E-state index contributed by atoms with van der Waals surface area (Å²) in [7, 11) is 0. The summed E-state index contributed by atoms with van der Waals surface area (Å²) in [5.41, 5.74) is -0.789. The Morgan fingerprint density at radius 3 is 2.73 bits per heavy atom. The van der Waals surface area contributed by atoms with Gasteiger partial charge < -0.3 is 4.74 Å². The first-order valence-corrected chi connectivity index (χ1v) is 5.05. The van der Waals surface area contributed by atoms with Crippen molar-refractivity contribution < 1.29 is 4.74 Å². The largest absolute Gasteiger partial charge is 0.355 e. The van der Waals surface area contributed by atoms with Gasteiger partial charge in [-0.3, -0.25) is 14.3 Å². The van der Waals surface area contributed by atoms with Crippen molar-refractivity contribution in [1.29, 1.82) is 0 Å². The van der Waals surface area contributed by atoms with Crippen LogP contribution in [-0.2, 0) is 4.74 Å². The summed E-state index contributed by atoms with van der Waals surface area (Å²) in [5, 5.41) is 0. The van der Waals surface area contributed by atoms with E-state index < -0.39 is 5.69 Å². The maximum absolute atomic E-state index is 11.5. The van der Waals surface area contributed by atoms with E-state index in [0.29, 0.717) is 0 Å². The first-order valence-electron chi connectivity index (χ1n) is 5.05.